The molecular weight excluding hydrogens is 494 g/mol. The van der Waals surface area contributed by atoms with Gasteiger partial charge in [0.15, 0.2) is 16.6 Å². The molecule has 3 aromatic rings. The third kappa shape index (κ3) is 3.75. The number of carbonyl (C=O) groups excluding carboxylic acids is 1. The van der Waals surface area contributed by atoms with Crippen molar-refractivity contribution in [3.05, 3.63) is 22.2 Å². The lowest BCUT2D eigenvalue weighted by molar-refractivity contribution is -0.121. The van der Waals surface area contributed by atoms with E-state index in [1.54, 1.807) is 6.33 Å². The molecule has 0 saturated heterocycles. The van der Waals surface area contributed by atoms with Crippen molar-refractivity contribution >= 4 is 60.8 Å². The largest absolute Gasteiger partial charge is 0.382 e. The molecule has 0 spiro atoms. The molecule has 176 valence electrons. The second-order valence-corrected chi connectivity index (χ2v) is 11.7. The predicted octanol–water partition coefficient (Wildman–Crippen LogP) is 0.954. The van der Waals surface area contributed by atoms with Crippen LogP contribution in [-0.4, -0.2) is 54.8 Å². The summed E-state index contributed by atoms with van der Waals surface area (Å²) < 4.78 is 25.8. The number of aliphatic hydroxyl groups is 2. The summed E-state index contributed by atoms with van der Waals surface area (Å²) in [6.07, 6.45) is 4.33. The minimum Gasteiger partial charge on any atom is -0.382 e. The SMILES string of the molecule is Nc1nc(Cl)nc2c1ncn2C1CCC(C(=O)Nc2nc3c(s2)C(O)(O)S(=O)(=O)CC3)CC1. The number of nitrogens with zero attached hydrogens (tertiary/aromatic N) is 5. The van der Waals surface area contributed by atoms with Crippen molar-refractivity contribution in [3.8, 4) is 0 Å². The summed E-state index contributed by atoms with van der Waals surface area (Å²) in [5.41, 5.74) is 7.18. The average molecular weight is 514 g/mol. The van der Waals surface area contributed by atoms with Crippen LogP contribution in [-0.2, 0) is 26.2 Å². The summed E-state index contributed by atoms with van der Waals surface area (Å²) in [6, 6.07) is 0.0752. The van der Waals surface area contributed by atoms with E-state index < -0.39 is 20.7 Å². The second-order valence-electron chi connectivity index (χ2n) is 8.17. The maximum absolute atomic E-state index is 12.8. The molecule has 5 rings (SSSR count). The van der Waals surface area contributed by atoms with E-state index >= 15 is 0 Å². The van der Waals surface area contributed by atoms with Crippen molar-refractivity contribution in [1.82, 2.24) is 24.5 Å². The van der Waals surface area contributed by atoms with Gasteiger partial charge in [-0.25, -0.2) is 18.4 Å². The summed E-state index contributed by atoms with van der Waals surface area (Å²) in [5, 5.41) is 20.1. The van der Waals surface area contributed by atoms with E-state index in [4.69, 9.17) is 17.3 Å². The molecule has 1 aliphatic carbocycles. The van der Waals surface area contributed by atoms with Crippen LogP contribution in [0.5, 0.6) is 0 Å². The molecular formula is C18H20ClN7O5S2. The minimum atomic E-state index is -4.12. The van der Waals surface area contributed by atoms with Crippen LogP contribution >= 0.6 is 22.9 Å². The number of halogens is 1. The van der Waals surface area contributed by atoms with E-state index in [1.165, 1.54) is 0 Å². The Balaban J connectivity index is 1.27. The first-order valence-corrected chi connectivity index (χ1v) is 13.0. The Labute approximate surface area is 196 Å². The summed E-state index contributed by atoms with van der Waals surface area (Å²) in [5.74, 6) is -0.713. The summed E-state index contributed by atoms with van der Waals surface area (Å²) >= 11 is 6.71. The quantitative estimate of drug-likeness (QED) is 0.290. The molecule has 0 radical (unpaired) electrons. The highest BCUT2D eigenvalue weighted by Gasteiger charge is 2.48. The number of amides is 1. The fraction of sp³-hybridized carbons (Fsp3) is 0.500. The van der Waals surface area contributed by atoms with Crippen LogP contribution in [0.25, 0.3) is 11.2 Å². The number of thiazole rings is 1. The number of sulfone groups is 1. The van der Waals surface area contributed by atoms with Gasteiger partial charge in [0.2, 0.25) is 21.0 Å². The number of nitrogens with two attached hydrogens (primary N) is 1. The van der Waals surface area contributed by atoms with E-state index in [9.17, 15) is 23.4 Å². The first-order valence-electron chi connectivity index (χ1n) is 10.2. The molecule has 0 atom stereocenters. The Morgan fingerprint density at radius 3 is 2.70 bits per heavy atom. The number of nitrogens with one attached hydrogen (secondary N) is 1. The lowest BCUT2D eigenvalue weighted by Crippen LogP contribution is -2.41. The fourth-order valence-corrected chi connectivity index (χ4v) is 7.07. The molecule has 3 aromatic heterocycles. The third-order valence-electron chi connectivity index (χ3n) is 6.15. The molecule has 0 unspecified atom stereocenters. The van der Waals surface area contributed by atoms with Gasteiger partial charge < -0.3 is 25.8 Å². The van der Waals surface area contributed by atoms with E-state index in [-0.39, 0.29) is 51.1 Å². The number of aromatic nitrogens is 5. The average Bonchev–Trinajstić information content (AvgIpc) is 3.36. The molecule has 0 aromatic carbocycles. The maximum Gasteiger partial charge on any atom is 0.307 e. The van der Waals surface area contributed by atoms with Crippen molar-refractivity contribution in [2.75, 3.05) is 16.8 Å². The molecule has 1 saturated carbocycles. The van der Waals surface area contributed by atoms with Crippen LogP contribution < -0.4 is 11.1 Å². The van der Waals surface area contributed by atoms with Crippen molar-refractivity contribution in [1.29, 1.82) is 0 Å². The Morgan fingerprint density at radius 2 is 1.97 bits per heavy atom. The highest BCUT2D eigenvalue weighted by molar-refractivity contribution is 7.92. The fourth-order valence-electron chi connectivity index (χ4n) is 4.35. The van der Waals surface area contributed by atoms with Crippen LogP contribution in [0.4, 0.5) is 10.9 Å². The lowest BCUT2D eigenvalue weighted by atomic mass is 9.85. The zero-order valence-corrected chi connectivity index (χ0v) is 19.5. The van der Waals surface area contributed by atoms with E-state index in [0.717, 1.165) is 11.3 Å². The smallest absolute Gasteiger partial charge is 0.307 e. The number of fused-ring (bicyclic) bond motifs is 2. The summed E-state index contributed by atoms with van der Waals surface area (Å²) in [6.45, 7) is 0. The van der Waals surface area contributed by atoms with E-state index in [0.29, 0.717) is 36.8 Å². The number of aryl methyl sites for hydroxylation is 1. The zero-order chi connectivity index (χ0) is 23.5. The molecule has 5 N–H and O–H groups in total. The van der Waals surface area contributed by atoms with Crippen molar-refractivity contribution in [3.63, 3.8) is 0 Å². The highest BCUT2D eigenvalue weighted by Crippen LogP contribution is 2.40. The van der Waals surface area contributed by atoms with Gasteiger partial charge in [0.1, 0.15) is 10.4 Å². The Hall–Kier alpha value is -2.39. The van der Waals surface area contributed by atoms with Crippen LogP contribution in [0.15, 0.2) is 6.33 Å². The third-order valence-corrected chi connectivity index (χ3v) is 9.37. The molecule has 15 heteroatoms. The van der Waals surface area contributed by atoms with Crippen LogP contribution in [0, 0.1) is 5.92 Å². The topological polar surface area (TPSA) is 186 Å². The van der Waals surface area contributed by atoms with E-state index in [1.807, 2.05) is 4.57 Å². The summed E-state index contributed by atoms with van der Waals surface area (Å²) in [4.78, 5) is 29.3. The van der Waals surface area contributed by atoms with Gasteiger partial charge in [-0.05, 0) is 37.3 Å². The van der Waals surface area contributed by atoms with Gasteiger partial charge in [-0.3, -0.25) is 4.79 Å². The number of carbonyl (C=O) groups is 1. The van der Waals surface area contributed by atoms with Crippen LogP contribution in [0.2, 0.25) is 5.28 Å². The predicted molar refractivity (Wildman–Crippen MR) is 120 cm³/mol. The Bertz CT molecular complexity index is 1360. The summed E-state index contributed by atoms with van der Waals surface area (Å²) in [7, 11) is -4.12. The van der Waals surface area contributed by atoms with Gasteiger partial charge in [-0.1, -0.05) is 11.3 Å². The van der Waals surface area contributed by atoms with E-state index in [2.05, 4.69) is 25.3 Å². The minimum absolute atomic E-state index is 0.0449. The highest BCUT2D eigenvalue weighted by atomic mass is 35.5. The Morgan fingerprint density at radius 1 is 1.24 bits per heavy atom. The molecule has 2 aliphatic rings. The van der Waals surface area contributed by atoms with Crippen molar-refractivity contribution in [2.45, 2.75) is 43.3 Å². The number of anilines is 2. The van der Waals surface area contributed by atoms with Gasteiger partial charge in [-0.15, -0.1) is 0 Å². The van der Waals surface area contributed by atoms with Crippen LogP contribution in [0.3, 0.4) is 0 Å². The van der Waals surface area contributed by atoms with Gasteiger partial charge in [-0.2, -0.15) is 9.97 Å². The first-order chi connectivity index (χ1) is 15.6. The molecule has 4 heterocycles. The molecule has 1 fully saturated rings. The van der Waals surface area contributed by atoms with Crippen LogP contribution in [0.1, 0.15) is 42.3 Å². The Kier molecular flexibility index (Phi) is 5.32. The van der Waals surface area contributed by atoms with Gasteiger partial charge in [0.25, 0.3) is 0 Å². The first kappa shape index (κ1) is 22.4. The molecule has 33 heavy (non-hydrogen) atoms. The lowest BCUT2D eigenvalue weighted by Gasteiger charge is -2.28. The van der Waals surface area contributed by atoms with Crippen molar-refractivity contribution < 1.29 is 23.4 Å². The number of rotatable bonds is 3. The molecule has 1 amide bonds. The standard InChI is InChI=1S/C18H20ClN7O5S2/c19-16-23-13(20)11-14(24-16)26(7-21-11)9-3-1-8(2-4-9)15(27)25-17-22-10-5-6-33(30,31)18(28,29)12(10)32-17/h7-9,28-29H,1-6H2,(H2,20,23,24)(H,22,25,27). The van der Waals surface area contributed by atoms with Gasteiger partial charge in [0.05, 0.1) is 17.8 Å². The monoisotopic (exact) mass is 513 g/mol. The molecule has 12 nitrogen and oxygen atoms in total. The zero-order valence-electron chi connectivity index (χ0n) is 17.1. The molecule has 0 bridgehead atoms. The normalized spacial score (nSPS) is 23.8. The second kappa shape index (κ2) is 7.84. The number of imidazole rings is 1. The van der Waals surface area contributed by atoms with Gasteiger partial charge >= 0.3 is 5.12 Å². The molecule has 1 aliphatic heterocycles. The van der Waals surface area contributed by atoms with Gasteiger partial charge in [0, 0.05) is 18.4 Å². The van der Waals surface area contributed by atoms with Crippen molar-refractivity contribution in [2.24, 2.45) is 5.92 Å². The number of nitrogen functional groups attached to an aromatic ring is 1. The number of hydrogen-bond acceptors (Lipinski definition) is 11. The maximum atomic E-state index is 12.8. The number of hydrogen-bond donors (Lipinski definition) is 4.